The number of nitrogens with one attached hydrogen (secondary N) is 1. The summed E-state index contributed by atoms with van der Waals surface area (Å²) in [5.74, 6) is 0.643. The smallest absolute Gasteiger partial charge is 0.243 e. The SMILES string of the molecule is C=CCNC(=O)[C@@H]1CCCN1S(=O)(=O)c1ccc2c(c1)OCCO2. The largest absolute Gasteiger partial charge is 0.486 e. The van der Waals surface area contributed by atoms with E-state index in [4.69, 9.17) is 9.47 Å². The summed E-state index contributed by atoms with van der Waals surface area (Å²) < 4.78 is 38.0. The highest BCUT2D eigenvalue weighted by molar-refractivity contribution is 7.89. The number of fused-ring (bicyclic) bond motifs is 1. The number of hydrogen-bond acceptors (Lipinski definition) is 5. The van der Waals surface area contributed by atoms with Crippen molar-refractivity contribution >= 4 is 15.9 Å². The van der Waals surface area contributed by atoms with Crippen LogP contribution in [-0.4, -0.2) is 51.0 Å². The Labute approximate surface area is 141 Å². The molecule has 3 rings (SSSR count). The molecule has 24 heavy (non-hydrogen) atoms. The van der Waals surface area contributed by atoms with Gasteiger partial charge >= 0.3 is 0 Å². The number of rotatable bonds is 5. The van der Waals surface area contributed by atoms with Crippen molar-refractivity contribution in [1.29, 1.82) is 0 Å². The second-order valence-corrected chi connectivity index (χ2v) is 7.50. The van der Waals surface area contributed by atoms with Crippen LogP contribution >= 0.6 is 0 Å². The van der Waals surface area contributed by atoms with E-state index in [1.165, 1.54) is 16.4 Å². The summed E-state index contributed by atoms with van der Waals surface area (Å²) in [5.41, 5.74) is 0. The molecule has 1 aromatic carbocycles. The molecule has 8 heteroatoms. The summed E-state index contributed by atoms with van der Waals surface area (Å²) in [5, 5.41) is 2.67. The van der Waals surface area contributed by atoms with Gasteiger partial charge in [-0.15, -0.1) is 6.58 Å². The molecule has 1 saturated heterocycles. The molecule has 0 bridgehead atoms. The second-order valence-electron chi connectivity index (χ2n) is 5.61. The zero-order valence-electron chi connectivity index (χ0n) is 13.2. The molecule has 1 amide bonds. The van der Waals surface area contributed by atoms with Gasteiger partial charge in [0, 0.05) is 19.2 Å². The highest BCUT2D eigenvalue weighted by Crippen LogP contribution is 2.34. The maximum atomic E-state index is 12.9. The van der Waals surface area contributed by atoms with E-state index >= 15 is 0 Å². The van der Waals surface area contributed by atoms with E-state index in [9.17, 15) is 13.2 Å². The first-order valence-electron chi connectivity index (χ1n) is 7.84. The predicted octanol–water partition coefficient (Wildman–Crippen LogP) is 0.913. The number of carbonyl (C=O) groups excluding carboxylic acids is 1. The van der Waals surface area contributed by atoms with Gasteiger partial charge in [-0.05, 0) is 25.0 Å². The molecular formula is C16H20N2O5S. The van der Waals surface area contributed by atoms with Crippen LogP contribution in [0, 0.1) is 0 Å². The third kappa shape index (κ3) is 3.11. The van der Waals surface area contributed by atoms with Gasteiger partial charge in [0.2, 0.25) is 15.9 Å². The standard InChI is InChI=1S/C16H20N2O5S/c1-2-7-17-16(19)13-4-3-8-18(13)24(20,21)12-5-6-14-15(11-12)23-10-9-22-14/h2,5-6,11,13H,1,3-4,7-10H2,(H,17,19)/t13-/m0/s1. The van der Waals surface area contributed by atoms with Gasteiger partial charge in [-0.3, -0.25) is 4.79 Å². The number of ether oxygens (including phenoxy) is 2. The molecule has 7 nitrogen and oxygen atoms in total. The quantitative estimate of drug-likeness (QED) is 0.797. The Morgan fingerprint density at radius 1 is 1.33 bits per heavy atom. The molecular weight excluding hydrogens is 332 g/mol. The minimum Gasteiger partial charge on any atom is -0.486 e. The van der Waals surface area contributed by atoms with Crippen LogP contribution in [0.25, 0.3) is 0 Å². The van der Waals surface area contributed by atoms with Crippen molar-refractivity contribution in [2.75, 3.05) is 26.3 Å². The fourth-order valence-corrected chi connectivity index (χ4v) is 4.57. The first-order valence-corrected chi connectivity index (χ1v) is 9.28. The van der Waals surface area contributed by atoms with Crippen LogP contribution in [0.4, 0.5) is 0 Å². The fourth-order valence-electron chi connectivity index (χ4n) is 2.90. The lowest BCUT2D eigenvalue weighted by Gasteiger charge is -2.24. The van der Waals surface area contributed by atoms with Gasteiger partial charge in [-0.1, -0.05) is 6.08 Å². The maximum Gasteiger partial charge on any atom is 0.243 e. The van der Waals surface area contributed by atoms with Crippen molar-refractivity contribution in [3.05, 3.63) is 30.9 Å². The number of carbonyl (C=O) groups is 1. The number of nitrogens with zero attached hydrogens (tertiary/aromatic N) is 1. The number of hydrogen-bond donors (Lipinski definition) is 1. The molecule has 1 fully saturated rings. The summed E-state index contributed by atoms with van der Waals surface area (Å²) in [6.45, 7) is 5.00. The van der Waals surface area contributed by atoms with Crippen molar-refractivity contribution in [2.24, 2.45) is 0 Å². The van der Waals surface area contributed by atoms with E-state index in [0.29, 0.717) is 50.6 Å². The summed E-state index contributed by atoms with van der Waals surface area (Å²) in [6, 6.07) is 3.84. The molecule has 0 saturated carbocycles. The van der Waals surface area contributed by atoms with Crippen LogP contribution in [0.2, 0.25) is 0 Å². The van der Waals surface area contributed by atoms with Gasteiger partial charge in [0.05, 0.1) is 4.90 Å². The van der Waals surface area contributed by atoms with E-state index in [2.05, 4.69) is 11.9 Å². The van der Waals surface area contributed by atoms with Crippen molar-refractivity contribution in [3.8, 4) is 11.5 Å². The van der Waals surface area contributed by atoms with E-state index in [1.54, 1.807) is 12.1 Å². The summed E-state index contributed by atoms with van der Waals surface area (Å²) in [6.07, 6.45) is 2.72. The molecule has 1 aromatic rings. The predicted molar refractivity (Wildman–Crippen MR) is 87.6 cm³/mol. The van der Waals surface area contributed by atoms with E-state index in [1.807, 2.05) is 0 Å². The van der Waals surface area contributed by atoms with E-state index in [-0.39, 0.29) is 10.8 Å². The molecule has 0 spiro atoms. The van der Waals surface area contributed by atoms with Crippen LogP contribution in [-0.2, 0) is 14.8 Å². The average Bonchev–Trinajstić information content (AvgIpc) is 3.10. The van der Waals surface area contributed by atoms with Crippen molar-refractivity contribution in [2.45, 2.75) is 23.8 Å². The summed E-state index contributed by atoms with van der Waals surface area (Å²) >= 11 is 0. The Hall–Kier alpha value is -2.06. The zero-order valence-corrected chi connectivity index (χ0v) is 14.0. The van der Waals surface area contributed by atoms with Crippen molar-refractivity contribution in [1.82, 2.24) is 9.62 Å². The molecule has 0 aliphatic carbocycles. The summed E-state index contributed by atoms with van der Waals surface area (Å²) in [7, 11) is -3.78. The number of sulfonamides is 1. The second kappa shape index (κ2) is 6.82. The first kappa shape index (κ1) is 16.8. The zero-order chi connectivity index (χ0) is 17.2. The molecule has 0 radical (unpaired) electrons. The van der Waals surface area contributed by atoms with Crippen molar-refractivity contribution in [3.63, 3.8) is 0 Å². The lowest BCUT2D eigenvalue weighted by atomic mass is 10.2. The van der Waals surface area contributed by atoms with Crippen LogP contribution in [0.3, 0.4) is 0 Å². The van der Waals surface area contributed by atoms with Gasteiger partial charge in [0.25, 0.3) is 0 Å². The molecule has 130 valence electrons. The molecule has 1 N–H and O–H groups in total. The van der Waals surface area contributed by atoms with Gasteiger partial charge in [0.15, 0.2) is 11.5 Å². The van der Waals surface area contributed by atoms with Crippen molar-refractivity contribution < 1.29 is 22.7 Å². The van der Waals surface area contributed by atoms with Gasteiger partial charge in [-0.25, -0.2) is 8.42 Å². The summed E-state index contributed by atoms with van der Waals surface area (Å²) in [4.78, 5) is 12.3. The average molecular weight is 352 g/mol. The Morgan fingerprint density at radius 3 is 2.83 bits per heavy atom. The Morgan fingerprint density at radius 2 is 2.08 bits per heavy atom. The molecule has 2 aliphatic heterocycles. The fraction of sp³-hybridized carbons (Fsp3) is 0.438. The Bertz CT molecular complexity index is 747. The van der Waals surface area contributed by atoms with Crippen LogP contribution in [0.5, 0.6) is 11.5 Å². The number of amides is 1. The minimum atomic E-state index is -3.78. The Balaban J connectivity index is 1.86. The molecule has 0 aromatic heterocycles. The third-order valence-electron chi connectivity index (χ3n) is 4.05. The normalized spacial score (nSPS) is 20.6. The maximum absolute atomic E-state index is 12.9. The van der Waals surface area contributed by atoms with E-state index in [0.717, 1.165) is 0 Å². The molecule has 0 unspecified atom stereocenters. The highest BCUT2D eigenvalue weighted by atomic mass is 32.2. The van der Waals surface area contributed by atoms with Gasteiger partial charge in [-0.2, -0.15) is 4.31 Å². The third-order valence-corrected chi connectivity index (χ3v) is 5.95. The minimum absolute atomic E-state index is 0.107. The monoisotopic (exact) mass is 352 g/mol. The molecule has 2 aliphatic rings. The van der Waals surface area contributed by atoms with E-state index < -0.39 is 16.1 Å². The van der Waals surface area contributed by atoms with Crippen LogP contribution in [0.1, 0.15) is 12.8 Å². The first-order chi connectivity index (χ1) is 11.5. The van der Waals surface area contributed by atoms with Crippen LogP contribution < -0.4 is 14.8 Å². The Kier molecular flexibility index (Phi) is 4.77. The number of benzene rings is 1. The molecule has 2 heterocycles. The van der Waals surface area contributed by atoms with Gasteiger partial charge in [0.1, 0.15) is 19.3 Å². The molecule has 1 atom stereocenters. The van der Waals surface area contributed by atoms with Gasteiger partial charge < -0.3 is 14.8 Å². The topological polar surface area (TPSA) is 84.9 Å². The lowest BCUT2D eigenvalue weighted by molar-refractivity contribution is -0.123. The van der Waals surface area contributed by atoms with Crippen LogP contribution in [0.15, 0.2) is 35.7 Å². The lowest BCUT2D eigenvalue weighted by Crippen LogP contribution is -2.45. The highest BCUT2D eigenvalue weighted by Gasteiger charge is 2.39.